The summed E-state index contributed by atoms with van der Waals surface area (Å²) in [5.74, 6) is 0. The fourth-order valence-electron chi connectivity index (χ4n) is 0.0779. The van der Waals surface area contributed by atoms with E-state index in [1.165, 1.54) is 0 Å². The molecule has 0 rings (SSSR count). The van der Waals surface area contributed by atoms with Crippen molar-refractivity contribution >= 4 is 12.8 Å². The monoisotopic (exact) mass is 120 g/mol. The summed E-state index contributed by atoms with van der Waals surface area (Å²) in [6, 6.07) is -0.711. The summed E-state index contributed by atoms with van der Waals surface area (Å²) in [5.41, 5.74) is 4.49. The number of aliphatic hydroxyl groups is 1. The van der Waals surface area contributed by atoms with Crippen molar-refractivity contribution < 1.29 is 14.7 Å². The maximum Gasteiger partial charge on any atom is 0.313 e. The smallest absolute Gasteiger partial charge is 0.313 e. The molecular weight excluding hydrogens is 112 g/mol. The minimum atomic E-state index is -0.711. The number of nitrogens with two attached hydrogens (primary N) is 1. The predicted octanol–water partition coefficient (Wildman–Crippen LogP) is -1.58. The number of aliphatic hydroxyl groups excluding tert-OH is 1. The molecule has 0 aromatic carbocycles. The molecule has 0 saturated heterocycles. The van der Waals surface area contributed by atoms with E-state index < -0.39 is 12.8 Å². The van der Waals surface area contributed by atoms with Gasteiger partial charge in [0, 0.05) is 0 Å². The molecule has 0 aliphatic rings. The number of hydrogen-bond acceptors (Lipinski definition) is 3. The second-order valence-corrected chi connectivity index (χ2v) is 0.699. The average molecular weight is 120 g/mol. The highest BCUT2D eigenvalue weighted by Gasteiger charge is 1.80. The molecule has 0 aliphatic carbocycles. The summed E-state index contributed by atoms with van der Waals surface area (Å²) in [5, 5.41) is 9.73. The first-order valence-corrected chi connectivity index (χ1v) is 1.70. The van der Waals surface area contributed by atoms with Crippen molar-refractivity contribution in [1.29, 1.82) is 0 Å². The van der Waals surface area contributed by atoms with E-state index in [1.54, 1.807) is 0 Å². The van der Waals surface area contributed by atoms with E-state index in [-0.39, 0.29) is 0 Å². The molecule has 0 heterocycles. The predicted molar refractivity (Wildman–Crippen MR) is 26.9 cm³/mol. The minimum Gasteiger partial charge on any atom is -0.376 e. The van der Waals surface area contributed by atoms with Crippen LogP contribution < -0.4 is 11.1 Å². The third-order valence-corrected chi connectivity index (χ3v) is 0.253. The molecular formula is C3H8N2O3. The average Bonchev–Trinajstić information content (AvgIpc) is 1.72. The number of nitrogens with one attached hydrogen (secondary N) is 1. The number of carbonyl (C=O) groups excluding carboxylic acids is 2. The van der Waals surface area contributed by atoms with Crippen molar-refractivity contribution in [1.82, 2.24) is 5.32 Å². The highest BCUT2D eigenvalue weighted by Crippen LogP contribution is 1.45. The van der Waals surface area contributed by atoms with Crippen LogP contribution in [0.25, 0.3) is 0 Å². The van der Waals surface area contributed by atoms with Gasteiger partial charge < -0.3 is 21.0 Å². The van der Waals surface area contributed by atoms with Crippen molar-refractivity contribution in [2.75, 3.05) is 6.73 Å². The zero-order valence-electron chi connectivity index (χ0n) is 4.26. The molecule has 2 amide bonds. The first-order valence-electron chi connectivity index (χ1n) is 1.70. The maximum absolute atomic E-state index is 9.55. The fraction of sp³-hybridized carbons (Fsp3) is 0.333. The Morgan fingerprint density at radius 2 is 2.12 bits per heavy atom. The van der Waals surface area contributed by atoms with Gasteiger partial charge in [0.15, 0.2) is 0 Å². The molecule has 8 heavy (non-hydrogen) atoms. The van der Waals surface area contributed by atoms with Crippen molar-refractivity contribution in [3.05, 3.63) is 0 Å². The Morgan fingerprint density at radius 1 is 1.75 bits per heavy atom. The van der Waals surface area contributed by atoms with E-state index in [4.69, 9.17) is 9.90 Å². The highest BCUT2D eigenvalue weighted by molar-refractivity contribution is 5.71. The first-order chi connectivity index (χ1) is 3.77. The third-order valence-electron chi connectivity index (χ3n) is 0.253. The van der Waals surface area contributed by atoms with E-state index in [1.807, 2.05) is 12.1 Å². The standard InChI is InChI=1S/C2H6N2O2.CH2O/c3-2(6)4-1-5;1-2/h5H,1H2,(H3,3,4,6);1H2. The Kier molecular flexibility index (Phi) is 11.6. The quantitative estimate of drug-likeness (QED) is 0.364. The number of amides is 2. The van der Waals surface area contributed by atoms with Gasteiger partial charge in [-0.15, -0.1) is 0 Å². The van der Waals surface area contributed by atoms with Crippen LogP contribution in [0.15, 0.2) is 0 Å². The molecule has 0 atom stereocenters. The molecule has 4 N–H and O–H groups in total. The van der Waals surface area contributed by atoms with Crippen LogP contribution in [0.2, 0.25) is 0 Å². The van der Waals surface area contributed by atoms with Crippen LogP contribution in [0.3, 0.4) is 0 Å². The molecule has 0 radical (unpaired) electrons. The first kappa shape index (κ1) is 10.0. The topological polar surface area (TPSA) is 92.4 Å². The lowest BCUT2D eigenvalue weighted by molar-refractivity contribution is -0.0979. The molecule has 5 heteroatoms. The second kappa shape index (κ2) is 9.31. The van der Waals surface area contributed by atoms with Gasteiger partial charge in [0.1, 0.15) is 13.5 Å². The van der Waals surface area contributed by atoms with Gasteiger partial charge in [-0.3, -0.25) is 0 Å². The van der Waals surface area contributed by atoms with Crippen LogP contribution in [0.4, 0.5) is 4.79 Å². The minimum absolute atomic E-state index is 0.394. The number of primary amides is 1. The van der Waals surface area contributed by atoms with E-state index in [9.17, 15) is 4.79 Å². The van der Waals surface area contributed by atoms with Crippen molar-refractivity contribution in [3.63, 3.8) is 0 Å². The molecule has 0 bridgehead atoms. The van der Waals surface area contributed by atoms with Crippen LogP contribution in [-0.4, -0.2) is 24.7 Å². The SMILES string of the molecule is C=O.NC(=O)NCO. The van der Waals surface area contributed by atoms with Gasteiger partial charge >= 0.3 is 6.03 Å². The van der Waals surface area contributed by atoms with Gasteiger partial charge in [-0.1, -0.05) is 0 Å². The molecule has 48 valence electrons. The Morgan fingerprint density at radius 3 is 2.12 bits per heavy atom. The lowest BCUT2D eigenvalue weighted by Crippen LogP contribution is -2.29. The summed E-state index contributed by atoms with van der Waals surface area (Å²) in [7, 11) is 0. The Hall–Kier alpha value is -1.10. The van der Waals surface area contributed by atoms with Crippen LogP contribution in [0.1, 0.15) is 0 Å². The molecule has 0 aromatic heterocycles. The van der Waals surface area contributed by atoms with Crippen molar-refractivity contribution in [3.8, 4) is 0 Å². The summed E-state index contributed by atoms with van der Waals surface area (Å²) >= 11 is 0. The number of urea groups is 1. The zero-order chi connectivity index (χ0) is 6.99. The number of carbonyl (C=O) groups is 2. The van der Waals surface area contributed by atoms with E-state index in [0.717, 1.165) is 0 Å². The molecule has 0 aromatic rings. The van der Waals surface area contributed by atoms with Gasteiger partial charge in [-0.05, 0) is 0 Å². The summed E-state index contributed by atoms with van der Waals surface area (Å²) in [6.45, 7) is 1.61. The third kappa shape index (κ3) is 20.6. The van der Waals surface area contributed by atoms with Gasteiger partial charge in [0.05, 0.1) is 0 Å². The van der Waals surface area contributed by atoms with E-state index >= 15 is 0 Å². The lowest BCUT2D eigenvalue weighted by atomic mass is 11.0. The summed E-state index contributed by atoms with van der Waals surface area (Å²) < 4.78 is 0. The molecule has 5 nitrogen and oxygen atoms in total. The largest absolute Gasteiger partial charge is 0.376 e. The van der Waals surface area contributed by atoms with Crippen molar-refractivity contribution in [2.45, 2.75) is 0 Å². The second-order valence-electron chi connectivity index (χ2n) is 0.699. The zero-order valence-corrected chi connectivity index (χ0v) is 4.26. The molecule has 0 fully saturated rings. The summed E-state index contributed by atoms with van der Waals surface area (Å²) in [6.07, 6.45) is 0. The number of hydrogen-bond donors (Lipinski definition) is 3. The normalized spacial score (nSPS) is 6.12. The van der Waals surface area contributed by atoms with Crippen LogP contribution >= 0.6 is 0 Å². The Labute approximate surface area is 46.5 Å². The Balaban J connectivity index is 0. The molecule has 0 spiro atoms. The van der Waals surface area contributed by atoms with Gasteiger partial charge in [0.25, 0.3) is 0 Å². The fourth-order valence-corrected chi connectivity index (χ4v) is 0.0779. The lowest BCUT2D eigenvalue weighted by Gasteiger charge is -1.88. The van der Waals surface area contributed by atoms with E-state index in [2.05, 4.69) is 5.73 Å². The van der Waals surface area contributed by atoms with Crippen LogP contribution in [0.5, 0.6) is 0 Å². The Bertz CT molecular complexity index is 65.5. The van der Waals surface area contributed by atoms with Gasteiger partial charge in [0.2, 0.25) is 0 Å². The van der Waals surface area contributed by atoms with E-state index in [0.29, 0.717) is 0 Å². The summed E-state index contributed by atoms with van der Waals surface area (Å²) in [4.78, 5) is 17.6. The maximum atomic E-state index is 9.55. The molecule has 0 saturated carbocycles. The van der Waals surface area contributed by atoms with Gasteiger partial charge in [-0.2, -0.15) is 0 Å². The highest BCUT2D eigenvalue weighted by atomic mass is 16.3. The molecule has 0 aliphatic heterocycles. The molecule has 0 unspecified atom stereocenters. The number of rotatable bonds is 1. The van der Waals surface area contributed by atoms with Gasteiger partial charge in [-0.25, -0.2) is 4.79 Å². The van der Waals surface area contributed by atoms with Crippen molar-refractivity contribution in [2.24, 2.45) is 5.73 Å². The van der Waals surface area contributed by atoms with Crippen LogP contribution in [-0.2, 0) is 4.79 Å². The van der Waals surface area contributed by atoms with Crippen LogP contribution in [0, 0.1) is 0 Å².